The van der Waals surface area contributed by atoms with Crippen molar-refractivity contribution in [2.45, 2.75) is 13.8 Å². The molecule has 1 aromatic carbocycles. The van der Waals surface area contributed by atoms with Gasteiger partial charge in [-0.3, -0.25) is 10.00 Å². The molecule has 0 radical (unpaired) electrons. The summed E-state index contributed by atoms with van der Waals surface area (Å²) in [6, 6.07) is 4.33. The van der Waals surface area contributed by atoms with Crippen LogP contribution < -0.4 is 10.6 Å². The minimum atomic E-state index is -1.02. The van der Waals surface area contributed by atoms with Crippen molar-refractivity contribution in [1.29, 1.82) is 0 Å². The second kappa shape index (κ2) is 5.66. The number of carboxylic acids is 1. The Kier molecular flexibility index (Phi) is 3.93. The molecule has 2 aromatic rings. The van der Waals surface area contributed by atoms with E-state index in [0.29, 0.717) is 17.1 Å². The zero-order chi connectivity index (χ0) is 15.6. The Morgan fingerprint density at radius 1 is 1.24 bits per heavy atom. The van der Waals surface area contributed by atoms with E-state index < -0.39 is 12.0 Å². The van der Waals surface area contributed by atoms with Gasteiger partial charge < -0.3 is 10.4 Å². The molecule has 1 heterocycles. The lowest BCUT2D eigenvalue weighted by Gasteiger charge is -2.10. The molecule has 0 bridgehead atoms. The number of hydrogen-bond donors (Lipinski definition) is 3. The number of hydrogen-bond acceptors (Lipinski definition) is 3. The average Bonchev–Trinajstić information content (AvgIpc) is 2.78. The van der Waals surface area contributed by atoms with E-state index in [0.717, 1.165) is 5.56 Å². The Labute approximate surface area is 121 Å². The van der Waals surface area contributed by atoms with Gasteiger partial charge in [0.25, 0.3) is 0 Å². The monoisotopic (exact) mass is 288 g/mol. The summed E-state index contributed by atoms with van der Waals surface area (Å²) in [5.41, 5.74) is 2.06. The molecule has 3 N–H and O–H groups in total. The molecule has 0 atom stereocenters. The maximum absolute atomic E-state index is 11.8. The first-order valence-electron chi connectivity index (χ1n) is 6.29. The van der Waals surface area contributed by atoms with E-state index in [2.05, 4.69) is 15.7 Å². The van der Waals surface area contributed by atoms with Crippen LogP contribution in [0.5, 0.6) is 0 Å². The van der Waals surface area contributed by atoms with E-state index in [9.17, 15) is 9.59 Å². The van der Waals surface area contributed by atoms with Crippen molar-refractivity contribution in [2.24, 2.45) is 7.05 Å². The molecule has 0 spiro atoms. The Morgan fingerprint density at radius 3 is 2.52 bits per heavy atom. The van der Waals surface area contributed by atoms with Crippen LogP contribution in [0.15, 0.2) is 24.4 Å². The van der Waals surface area contributed by atoms with Crippen molar-refractivity contribution in [3.63, 3.8) is 0 Å². The van der Waals surface area contributed by atoms with Crippen molar-refractivity contribution in [1.82, 2.24) is 9.78 Å². The molecule has 7 nitrogen and oxygen atoms in total. The highest BCUT2D eigenvalue weighted by Gasteiger charge is 2.12. The molecule has 110 valence electrons. The van der Waals surface area contributed by atoms with Crippen molar-refractivity contribution in [3.05, 3.63) is 41.1 Å². The summed E-state index contributed by atoms with van der Waals surface area (Å²) >= 11 is 0. The van der Waals surface area contributed by atoms with Gasteiger partial charge in [0, 0.05) is 25.0 Å². The smallest absolute Gasteiger partial charge is 0.336 e. The minimum absolute atomic E-state index is 0.170. The predicted molar refractivity (Wildman–Crippen MR) is 78.7 cm³/mol. The zero-order valence-corrected chi connectivity index (χ0v) is 12.0. The number of aryl methyl sites for hydroxylation is 2. The van der Waals surface area contributed by atoms with Crippen molar-refractivity contribution >= 4 is 23.5 Å². The van der Waals surface area contributed by atoms with E-state index in [1.807, 2.05) is 0 Å². The Hall–Kier alpha value is -2.83. The third-order valence-corrected chi connectivity index (χ3v) is 3.11. The lowest BCUT2D eigenvalue weighted by atomic mass is 10.0. The second-order valence-corrected chi connectivity index (χ2v) is 4.72. The van der Waals surface area contributed by atoms with Gasteiger partial charge in [0.05, 0.1) is 5.56 Å². The van der Waals surface area contributed by atoms with Crippen LogP contribution in [-0.2, 0) is 7.05 Å². The molecule has 0 saturated carbocycles. The van der Waals surface area contributed by atoms with Gasteiger partial charge in [-0.2, -0.15) is 5.10 Å². The molecule has 0 saturated heterocycles. The number of anilines is 2. The molecule has 2 amide bonds. The number of nitrogens with one attached hydrogen (secondary N) is 2. The average molecular weight is 288 g/mol. The lowest BCUT2D eigenvalue weighted by Crippen LogP contribution is -2.20. The highest BCUT2D eigenvalue weighted by Crippen LogP contribution is 2.20. The summed E-state index contributed by atoms with van der Waals surface area (Å²) in [5, 5.41) is 18.3. The van der Waals surface area contributed by atoms with Gasteiger partial charge >= 0.3 is 12.0 Å². The van der Waals surface area contributed by atoms with Crippen molar-refractivity contribution < 1.29 is 14.7 Å². The first-order valence-corrected chi connectivity index (χ1v) is 6.29. The number of carbonyl (C=O) groups is 2. The molecule has 21 heavy (non-hydrogen) atoms. The zero-order valence-electron chi connectivity index (χ0n) is 12.0. The number of carbonyl (C=O) groups excluding carboxylic acids is 1. The Morgan fingerprint density at radius 2 is 1.95 bits per heavy atom. The first kappa shape index (κ1) is 14.6. The van der Waals surface area contributed by atoms with Crippen LogP contribution in [0.4, 0.5) is 16.3 Å². The molecule has 1 aromatic heterocycles. The number of aromatic carboxylic acids is 1. The van der Waals surface area contributed by atoms with E-state index in [-0.39, 0.29) is 5.56 Å². The second-order valence-electron chi connectivity index (χ2n) is 4.72. The van der Waals surface area contributed by atoms with Gasteiger partial charge in [0.15, 0.2) is 5.82 Å². The summed E-state index contributed by atoms with van der Waals surface area (Å²) in [7, 11) is 1.74. The number of benzene rings is 1. The summed E-state index contributed by atoms with van der Waals surface area (Å²) in [5.74, 6) is -0.610. The van der Waals surface area contributed by atoms with Gasteiger partial charge in [-0.1, -0.05) is 0 Å². The van der Waals surface area contributed by atoms with Gasteiger partial charge in [-0.05, 0) is 37.1 Å². The van der Waals surface area contributed by atoms with Crippen molar-refractivity contribution in [3.8, 4) is 0 Å². The highest BCUT2D eigenvalue weighted by atomic mass is 16.4. The third kappa shape index (κ3) is 3.38. The first-order chi connectivity index (χ1) is 9.86. The van der Waals surface area contributed by atoms with Crippen LogP contribution >= 0.6 is 0 Å². The van der Waals surface area contributed by atoms with E-state index in [1.54, 1.807) is 43.9 Å². The number of carboxylic acid groups (broad SMARTS) is 1. The van der Waals surface area contributed by atoms with Crippen LogP contribution in [0.1, 0.15) is 21.5 Å². The summed E-state index contributed by atoms with van der Waals surface area (Å²) in [6.45, 7) is 3.53. The third-order valence-electron chi connectivity index (χ3n) is 3.11. The number of rotatable bonds is 3. The number of urea groups is 1. The summed E-state index contributed by atoms with van der Waals surface area (Å²) in [6.07, 6.45) is 1.70. The molecule has 0 aliphatic carbocycles. The van der Waals surface area contributed by atoms with Crippen LogP contribution in [0.3, 0.4) is 0 Å². The van der Waals surface area contributed by atoms with Crippen LogP contribution in [0, 0.1) is 13.8 Å². The maximum atomic E-state index is 11.8. The molecule has 2 rings (SSSR count). The summed E-state index contributed by atoms with van der Waals surface area (Å²) in [4.78, 5) is 23.0. The number of aromatic nitrogens is 2. The molecule has 0 aliphatic heterocycles. The summed E-state index contributed by atoms with van der Waals surface area (Å²) < 4.78 is 1.56. The quantitative estimate of drug-likeness (QED) is 0.807. The fourth-order valence-electron chi connectivity index (χ4n) is 1.91. The fraction of sp³-hybridized carbons (Fsp3) is 0.214. The van der Waals surface area contributed by atoms with E-state index in [4.69, 9.17) is 5.11 Å². The van der Waals surface area contributed by atoms with Crippen LogP contribution in [-0.4, -0.2) is 26.9 Å². The van der Waals surface area contributed by atoms with Gasteiger partial charge in [0.1, 0.15) is 0 Å². The fourth-order valence-corrected chi connectivity index (χ4v) is 1.91. The van der Waals surface area contributed by atoms with Gasteiger partial charge in [-0.25, -0.2) is 9.59 Å². The topological polar surface area (TPSA) is 96.3 Å². The normalized spacial score (nSPS) is 10.2. The maximum Gasteiger partial charge on any atom is 0.336 e. The van der Waals surface area contributed by atoms with Crippen LogP contribution in [0.2, 0.25) is 0 Å². The molecular weight excluding hydrogens is 272 g/mol. The molecule has 0 unspecified atom stereocenters. The molecule has 7 heteroatoms. The largest absolute Gasteiger partial charge is 0.478 e. The van der Waals surface area contributed by atoms with Gasteiger partial charge in [-0.15, -0.1) is 0 Å². The molecule has 0 aliphatic rings. The minimum Gasteiger partial charge on any atom is -0.478 e. The van der Waals surface area contributed by atoms with Crippen LogP contribution in [0.25, 0.3) is 0 Å². The molecule has 0 fully saturated rings. The molecular formula is C14H16N4O3. The SMILES string of the molecule is Cc1cc(NC(=O)Nc2ccn(C)n2)cc(C(=O)O)c1C. The lowest BCUT2D eigenvalue weighted by molar-refractivity contribution is 0.0696. The predicted octanol–water partition coefficient (Wildman–Crippen LogP) is 2.38. The number of nitrogens with zero attached hydrogens (tertiary/aromatic N) is 2. The Bertz CT molecular complexity index is 706. The highest BCUT2D eigenvalue weighted by molar-refractivity contribution is 6.00. The van der Waals surface area contributed by atoms with Gasteiger partial charge in [0.2, 0.25) is 0 Å². The Balaban J connectivity index is 2.15. The standard InChI is InChI=1S/C14H16N4O3/c1-8-6-10(7-11(9(8)2)13(19)20)15-14(21)16-12-4-5-18(3)17-12/h4-7H,1-3H3,(H,19,20)(H2,15,16,17,21). The van der Waals surface area contributed by atoms with E-state index in [1.165, 1.54) is 6.07 Å². The van der Waals surface area contributed by atoms with E-state index >= 15 is 0 Å². The number of amides is 2. The van der Waals surface area contributed by atoms with Crippen molar-refractivity contribution in [2.75, 3.05) is 10.6 Å².